The molecule has 1 aliphatic rings. The van der Waals surface area contributed by atoms with Crippen LogP contribution in [0.3, 0.4) is 0 Å². The fraction of sp³-hybridized carbons (Fsp3) is 0.182. The van der Waals surface area contributed by atoms with E-state index in [1.807, 2.05) is 54.7 Å². The summed E-state index contributed by atoms with van der Waals surface area (Å²) in [5.41, 5.74) is 3.03. The minimum absolute atomic E-state index is 0.0679. The molecular formula is C22H21N3O5S2. The van der Waals surface area contributed by atoms with Crippen LogP contribution < -0.4 is 4.72 Å². The first-order chi connectivity index (χ1) is 15.3. The van der Waals surface area contributed by atoms with E-state index in [4.69, 9.17) is 15.0 Å². The summed E-state index contributed by atoms with van der Waals surface area (Å²) in [4.78, 5) is 13.8. The number of nitrogens with zero attached hydrogens (tertiary/aromatic N) is 2. The van der Waals surface area contributed by atoms with Gasteiger partial charge < -0.3 is 10.2 Å². The Labute approximate surface area is 188 Å². The Kier molecular flexibility index (Phi) is 6.00. The number of imidazole rings is 1. The van der Waals surface area contributed by atoms with Crippen molar-refractivity contribution < 1.29 is 23.4 Å². The van der Waals surface area contributed by atoms with E-state index in [9.17, 15) is 8.42 Å². The third-order valence-electron chi connectivity index (χ3n) is 5.32. The predicted octanol–water partition coefficient (Wildman–Crippen LogP) is 4.37. The largest absolute Gasteiger partial charge is 0.503 e. The smallest absolute Gasteiger partial charge is 0.450 e. The number of nitrogens with one attached hydrogen (secondary N) is 1. The minimum Gasteiger partial charge on any atom is -0.450 e. The third kappa shape index (κ3) is 4.67. The number of fused-ring (bicyclic) bond motifs is 1. The second-order valence-corrected chi connectivity index (χ2v) is 10.4. The molecule has 3 N–H and O–H groups in total. The van der Waals surface area contributed by atoms with Crippen molar-refractivity contribution >= 4 is 32.5 Å². The number of hydrogen-bond acceptors (Lipinski definition) is 5. The van der Waals surface area contributed by atoms with Crippen molar-refractivity contribution in [1.29, 1.82) is 0 Å². The van der Waals surface area contributed by atoms with E-state index in [-0.39, 0.29) is 17.9 Å². The van der Waals surface area contributed by atoms with Gasteiger partial charge in [0.05, 0.1) is 5.69 Å². The topological polar surface area (TPSA) is 121 Å². The molecule has 4 aromatic rings. The summed E-state index contributed by atoms with van der Waals surface area (Å²) >= 11 is 1.19. The molecule has 3 atom stereocenters. The second-order valence-electron chi connectivity index (χ2n) is 7.46. The van der Waals surface area contributed by atoms with E-state index in [0.29, 0.717) is 9.17 Å². The van der Waals surface area contributed by atoms with E-state index in [1.54, 1.807) is 10.6 Å². The van der Waals surface area contributed by atoms with E-state index in [2.05, 4.69) is 28.8 Å². The lowest BCUT2D eigenvalue weighted by Crippen LogP contribution is -2.27. The van der Waals surface area contributed by atoms with Gasteiger partial charge in [-0.25, -0.2) is 22.9 Å². The molecule has 8 nitrogen and oxygen atoms in total. The van der Waals surface area contributed by atoms with E-state index in [0.717, 1.165) is 11.3 Å². The average molecular weight is 472 g/mol. The molecule has 0 amide bonds. The number of hydrogen-bond donors (Lipinski definition) is 3. The molecule has 0 bridgehead atoms. The molecule has 2 aromatic heterocycles. The summed E-state index contributed by atoms with van der Waals surface area (Å²) in [5.74, 6) is 0.510. The van der Waals surface area contributed by atoms with Crippen LogP contribution >= 0.6 is 11.3 Å². The first kappa shape index (κ1) is 22.0. The standard InChI is InChI=1S/C21H19N3O2S2.CH2O3/c1-14-19(16-10-6-3-7-11-16)20(14)23-28(25,26)18-13-24-12-17(22-21(24)27-18)15-8-4-2-5-9-15;2-1(3)4/h2-14,19-20,23H,1H3;(H2,2,3,4)/t14-,19-,20+;/m1./s1. The molecule has 0 radical (unpaired) electrons. The van der Waals surface area contributed by atoms with Crippen molar-refractivity contribution in [3.8, 4) is 11.3 Å². The van der Waals surface area contributed by atoms with Crippen LogP contribution in [-0.4, -0.2) is 40.2 Å². The highest BCUT2D eigenvalue weighted by atomic mass is 32.2. The Balaban J connectivity index is 0.000000567. The Morgan fingerprint density at radius 3 is 2.22 bits per heavy atom. The van der Waals surface area contributed by atoms with Gasteiger partial charge in [0.2, 0.25) is 0 Å². The number of sulfonamides is 1. The van der Waals surface area contributed by atoms with Gasteiger partial charge in [-0.1, -0.05) is 78.9 Å². The summed E-state index contributed by atoms with van der Waals surface area (Å²) in [6.45, 7) is 2.08. The first-order valence-corrected chi connectivity index (χ1v) is 12.1. The summed E-state index contributed by atoms with van der Waals surface area (Å²) in [6.07, 6.45) is 1.68. The quantitative estimate of drug-likeness (QED) is 0.398. The first-order valence-electron chi connectivity index (χ1n) is 9.79. The average Bonchev–Trinajstić information content (AvgIpc) is 3.07. The zero-order valence-corrected chi connectivity index (χ0v) is 18.6. The molecule has 1 aliphatic carbocycles. The Hall–Kier alpha value is -3.21. The second kappa shape index (κ2) is 8.73. The van der Waals surface area contributed by atoms with Crippen LogP contribution in [0.4, 0.5) is 4.79 Å². The lowest BCUT2D eigenvalue weighted by atomic mass is 10.1. The van der Waals surface area contributed by atoms with Crippen molar-refractivity contribution in [2.45, 2.75) is 23.1 Å². The minimum atomic E-state index is -3.57. The SMILES string of the molecule is C[C@H]1[C@H](NS(=O)(=O)c2cn3cc(-c4ccccc4)nc3s2)[C@H]1c1ccccc1.O=C(O)O. The van der Waals surface area contributed by atoms with E-state index in [1.165, 1.54) is 16.9 Å². The highest BCUT2D eigenvalue weighted by Crippen LogP contribution is 2.48. The monoisotopic (exact) mass is 471 g/mol. The van der Waals surface area contributed by atoms with Gasteiger partial charge in [-0.3, -0.25) is 4.40 Å². The molecular weight excluding hydrogens is 450 g/mol. The van der Waals surface area contributed by atoms with Crippen molar-refractivity contribution in [2.75, 3.05) is 0 Å². The fourth-order valence-corrected chi connectivity index (χ4v) is 6.31. The maximum Gasteiger partial charge on any atom is 0.503 e. The summed E-state index contributed by atoms with van der Waals surface area (Å²) in [6, 6.07) is 19.9. The number of carbonyl (C=O) groups is 1. The molecule has 0 spiro atoms. The summed E-state index contributed by atoms with van der Waals surface area (Å²) < 4.78 is 30.7. The number of aromatic nitrogens is 2. The van der Waals surface area contributed by atoms with Crippen molar-refractivity contribution in [3.05, 3.63) is 78.6 Å². The molecule has 0 unspecified atom stereocenters. The summed E-state index contributed by atoms with van der Waals surface area (Å²) in [7, 11) is -3.57. The van der Waals surface area contributed by atoms with Gasteiger partial charge in [-0.2, -0.15) is 0 Å². The van der Waals surface area contributed by atoms with Crippen molar-refractivity contribution in [2.24, 2.45) is 5.92 Å². The van der Waals surface area contributed by atoms with Gasteiger partial charge in [-0.05, 0) is 11.5 Å². The van der Waals surface area contributed by atoms with Crippen LogP contribution in [0.25, 0.3) is 16.2 Å². The number of benzene rings is 2. The van der Waals surface area contributed by atoms with E-state index < -0.39 is 16.2 Å². The predicted molar refractivity (Wildman–Crippen MR) is 122 cm³/mol. The fourth-order valence-electron chi connectivity index (χ4n) is 3.71. The van der Waals surface area contributed by atoms with Gasteiger partial charge in [0.25, 0.3) is 10.0 Å². The lowest BCUT2D eigenvalue weighted by Gasteiger charge is -2.04. The Bertz CT molecular complexity index is 1300. The normalized spacial score (nSPS) is 19.8. The van der Waals surface area contributed by atoms with Crippen LogP contribution in [-0.2, 0) is 10.0 Å². The number of rotatable bonds is 5. The highest BCUT2D eigenvalue weighted by molar-refractivity contribution is 7.91. The Morgan fingerprint density at radius 2 is 1.62 bits per heavy atom. The molecule has 166 valence electrons. The summed E-state index contributed by atoms with van der Waals surface area (Å²) in [5, 5.41) is 13.9. The molecule has 2 aromatic carbocycles. The van der Waals surface area contributed by atoms with Crippen LogP contribution in [0.5, 0.6) is 0 Å². The van der Waals surface area contributed by atoms with Crippen LogP contribution in [0, 0.1) is 5.92 Å². The van der Waals surface area contributed by atoms with Crippen molar-refractivity contribution in [1.82, 2.24) is 14.1 Å². The molecule has 32 heavy (non-hydrogen) atoms. The van der Waals surface area contributed by atoms with Gasteiger partial charge in [0.1, 0.15) is 0 Å². The zero-order chi connectivity index (χ0) is 22.9. The van der Waals surface area contributed by atoms with Gasteiger partial charge in [-0.15, -0.1) is 0 Å². The maximum atomic E-state index is 12.9. The maximum absolute atomic E-state index is 12.9. The van der Waals surface area contributed by atoms with Gasteiger partial charge >= 0.3 is 6.16 Å². The Morgan fingerprint density at radius 1 is 1.03 bits per heavy atom. The molecule has 0 aliphatic heterocycles. The van der Waals surface area contributed by atoms with Crippen LogP contribution in [0.15, 0.2) is 77.3 Å². The van der Waals surface area contributed by atoms with Gasteiger partial charge in [0.15, 0.2) is 9.17 Å². The zero-order valence-electron chi connectivity index (χ0n) is 17.0. The van der Waals surface area contributed by atoms with Crippen LogP contribution in [0.2, 0.25) is 0 Å². The molecule has 0 saturated heterocycles. The number of thiazole rings is 1. The lowest BCUT2D eigenvalue weighted by molar-refractivity contribution is 0.137. The number of carboxylic acid groups (broad SMARTS) is 2. The van der Waals surface area contributed by atoms with Gasteiger partial charge in [0, 0.05) is 29.9 Å². The third-order valence-corrected chi connectivity index (χ3v) is 8.24. The van der Waals surface area contributed by atoms with Crippen LogP contribution in [0.1, 0.15) is 18.4 Å². The molecule has 5 rings (SSSR count). The molecule has 1 fully saturated rings. The highest BCUT2D eigenvalue weighted by Gasteiger charge is 2.49. The molecule has 2 heterocycles. The molecule has 10 heteroatoms. The van der Waals surface area contributed by atoms with Crippen molar-refractivity contribution in [3.63, 3.8) is 0 Å². The molecule has 1 saturated carbocycles. The van der Waals surface area contributed by atoms with E-state index >= 15 is 0 Å².